The molecule has 0 spiro atoms. The Labute approximate surface area is 82.7 Å². The molecule has 1 aliphatic rings. The van der Waals surface area contributed by atoms with Gasteiger partial charge in [0.1, 0.15) is 11.3 Å². The summed E-state index contributed by atoms with van der Waals surface area (Å²) in [5, 5.41) is 1.26. The van der Waals surface area contributed by atoms with E-state index in [2.05, 4.69) is 6.07 Å². The molecule has 2 aromatic rings. The Balaban J connectivity index is 2.31. The van der Waals surface area contributed by atoms with Gasteiger partial charge in [0.25, 0.3) is 0 Å². The Morgan fingerprint density at radius 2 is 2.00 bits per heavy atom. The zero-order chi connectivity index (χ0) is 9.54. The monoisotopic (exact) mass is 187 g/mol. The van der Waals surface area contributed by atoms with Crippen LogP contribution in [-0.2, 0) is 12.8 Å². The molecule has 1 heterocycles. The zero-order valence-electron chi connectivity index (χ0n) is 8.05. The van der Waals surface area contributed by atoms with Crippen LogP contribution < -0.4 is 5.73 Å². The van der Waals surface area contributed by atoms with Crippen molar-refractivity contribution in [3.63, 3.8) is 0 Å². The predicted octanol–water partition coefficient (Wildman–Crippen LogP) is 2.89. The van der Waals surface area contributed by atoms with Crippen LogP contribution in [0.15, 0.2) is 22.6 Å². The summed E-state index contributed by atoms with van der Waals surface area (Å²) in [5.41, 5.74) is 8.87. The van der Waals surface area contributed by atoms with Crippen molar-refractivity contribution in [1.29, 1.82) is 0 Å². The Kier molecular flexibility index (Phi) is 1.57. The molecular weight excluding hydrogens is 174 g/mol. The highest BCUT2D eigenvalue weighted by atomic mass is 16.3. The van der Waals surface area contributed by atoms with Crippen LogP contribution in [0.4, 0.5) is 5.69 Å². The number of nitrogens with two attached hydrogens (primary N) is 1. The molecule has 2 nitrogen and oxygen atoms in total. The molecule has 1 aromatic carbocycles. The lowest BCUT2D eigenvalue weighted by Gasteiger charge is -2.08. The maximum atomic E-state index is 5.79. The number of aryl methyl sites for hydroxylation is 2. The molecule has 0 radical (unpaired) electrons. The Bertz CT molecular complexity index is 484. The number of fused-ring (bicyclic) bond motifs is 3. The molecule has 2 heteroatoms. The molecule has 2 N–H and O–H groups in total. The maximum absolute atomic E-state index is 5.79. The van der Waals surface area contributed by atoms with Gasteiger partial charge in [-0.15, -0.1) is 0 Å². The first-order valence-corrected chi connectivity index (χ1v) is 5.14. The van der Waals surface area contributed by atoms with E-state index >= 15 is 0 Å². The Hall–Kier alpha value is -1.44. The highest BCUT2D eigenvalue weighted by molar-refractivity contribution is 5.85. The molecule has 0 saturated carbocycles. The summed E-state index contributed by atoms with van der Waals surface area (Å²) >= 11 is 0. The number of benzene rings is 1. The van der Waals surface area contributed by atoms with E-state index < -0.39 is 0 Å². The van der Waals surface area contributed by atoms with E-state index in [1.807, 2.05) is 12.1 Å². The third-order valence-corrected chi connectivity index (χ3v) is 2.98. The SMILES string of the molecule is Nc1ccc2c3c(oc2c1)CCCC3. The lowest BCUT2D eigenvalue weighted by molar-refractivity contribution is 0.506. The lowest BCUT2D eigenvalue weighted by Crippen LogP contribution is -1.98. The fraction of sp³-hybridized carbons (Fsp3) is 0.333. The van der Waals surface area contributed by atoms with Gasteiger partial charge >= 0.3 is 0 Å². The normalized spacial score (nSPS) is 15.7. The van der Waals surface area contributed by atoms with Gasteiger partial charge in [-0.1, -0.05) is 0 Å². The Morgan fingerprint density at radius 3 is 2.93 bits per heavy atom. The van der Waals surface area contributed by atoms with Crippen molar-refractivity contribution in [1.82, 2.24) is 0 Å². The molecule has 1 aliphatic carbocycles. The summed E-state index contributed by atoms with van der Waals surface area (Å²) in [5.74, 6) is 1.18. The van der Waals surface area contributed by atoms with Crippen molar-refractivity contribution >= 4 is 16.7 Å². The van der Waals surface area contributed by atoms with Crippen LogP contribution in [0.25, 0.3) is 11.0 Å². The summed E-state index contributed by atoms with van der Waals surface area (Å²) in [7, 11) is 0. The van der Waals surface area contributed by atoms with E-state index in [0.29, 0.717) is 0 Å². The molecule has 3 rings (SSSR count). The first-order valence-electron chi connectivity index (χ1n) is 5.14. The molecule has 1 aromatic heterocycles. The molecule has 0 aliphatic heterocycles. The lowest BCUT2D eigenvalue weighted by atomic mass is 9.96. The minimum Gasteiger partial charge on any atom is -0.461 e. The second-order valence-electron chi connectivity index (χ2n) is 3.97. The van der Waals surface area contributed by atoms with Gasteiger partial charge in [0.15, 0.2) is 0 Å². The third-order valence-electron chi connectivity index (χ3n) is 2.98. The Morgan fingerprint density at radius 1 is 1.14 bits per heavy atom. The molecule has 0 saturated heterocycles. The number of rotatable bonds is 0. The quantitative estimate of drug-likeness (QED) is 0.644. The average molecular weight is 187 g/mol. The van der Waals surface area contributed by atoms with Gasteiger partial charge in [0.05, 0.1) is 0 Å². The van der Waals surface area contributed by atoms with Crippen LogP contribution in [0.2, 0.25) is 0 Å². The molecule has 0 amide bonds. The van der Waals surface area contributed by atoms with E-state index in [-0.39, 0.29) is 0 Å². The first-order chi connectivity index (χ1) is 6.84. The van der Waals surface area contributed by atoms with Gasteiger partial charge in [-0.2, -0.15) is 0 Å². The van der Waals surface area contributed by atoms with Gasteiger partial charge in [0, 0.05) is 29.1 Å². The predicted molar refractivity (Wildman–Crippen MR) is 57.3 cm³/mol. The number of nitrogen functional groups attached to an aromatic ring is 1. The van der Waals surface area contributed by atoms with Crippen molar-refractivity contribution in [2.24, 2.45) is 0 Å². The van der Waals surface area contributed by atoms with E-state index in [1.54, 1.807) is 0 Å². The third kappa shape index (κ3) is 1.03. The second kappa shape index (κ2) is 2.77. The summed E-state index contributed by atoms with van der Waals surface area (Å²) in [6.45, 7) is 0. The van der Waals surface area contributed by atoms with E-state index in [9.17, 15) is 0 Å². The fourth-order valence-corrected chi connectivity index (χ4v) is 2.28. The van der Waals surface area contributed by atoms with Crippen molar-refractivity contribution in [3.8, 4) is 0 Å². The van der Waals surface area contributed by atoms with Crippen LogP contribution in [0.5, 0.6) is 0 Å². The molecule has 0 bridgehead atoms. The average Bonchev–Trinajstić information content (AvgIpc) is 2.54. The highest BCUT2D eigenvalue weighted by Crippen LogP contribution is 2.32. The van der Waals surface area contributed by atoms with E-state index in [0.717, 1.165) is 24.1 Å². The van der Waals surface area contributed by atoms with Gasteiger partial charge in [-0.05, 0) is 31.4 Å². The van der Waals surface area contributed by atoms with Crippen molar-refractivity contribution < 1.29 is 4.42 Å². The van der Waals surface area contributed by atoms with Crippen LogP contribution in [-0.4, -0.2) is 0 Å². The van der Waals surface area contributed by atoms with Crippen molar-refractivity contribution in [2.75, 3.05) is 5.73 Å². The number of furan rings is 1. The molecule has 0 fully saturated rings. The highest BCUT2D eigenvalue weighted by Gasteiger charge is 2.17. The van der Waals surface area contributed by atoms with Gasteiger partial charge in [0.2, 0.25) is 0 Å². The first kappa shape index (κ1) is 7.92. The second-order valence-corrected chi connectivity index (χ2v) is 3.97. The molecule has 14 heavy (non-hydrogen) atoms. The molecule has 0 atom stereocenters. The number of hydrogen-bond donors (Lipinski definition) is 1. The van der Waals surface area contributed by atoms with Crippen molar-refractivity contribution in [2.45, 2.75) is 25.7 Å². The smallest absolute Gasteiger partial charge is 0.136 e. The largest absolute Gasteiger partial charge is 0.461 e. The number of hydrogen-bond acceptors (Lipinski definition) is 2. The summed E-state index contributed by atoms with van der Waals surface area (Å²) in [6, 6.07) is 5.96. The molecule has 0 unspecified atom stereocenters. The topological polar surface area (TPSA) is 39.2 Å². The summed E-state index contributed by atoms with van der Waals surface area (Å²) in [6.07, 6.45) is 4.78. The summed E-state index contributed by atoms with van der Waals surface area (Å²) in [4.78, 5) is 0. The van der Waals surface area contributed by atoms with Gasteiger partial charge < -0.3 is 10.2 Å². The minimum atomic E-state index is 0.781. The van der Waals surface area contributed by atoms with Gasteiger partial charge in [-0.3, -0.25) is 0 Å². The van der Waals surface area contributed by atoms with Crippen LogP contribution in [0, 0.1) is 0 Å². The van der Waals surface area contributed by atoms with Crippen LogP contribution in [0.1, 0.15) is 24.2 Å². The standard InChI is InChI=1S/C12H13NO/c13-8-5-6-10-9-3-1-2-4-11(9)14-12(10)7-8/h5-7H,1-4,13H2. The van der Waals surface area contributed by atoms with E-state index in [4.69, 9.17) is 10.2 Å². The minimum absolute atomic E-state index is 0.781. The molecule has 72 valence electrons. The van der Waals surface area contributed by atoms with Crippen LogP contribution in [0.3, 0.4) is 0 Å². The zero-order valence-corrected chi connectivity index (χ0v) is 8.05. The maximum Gasteiger partial charge on any atom is 0.136 e. The van der Waals surface area contributed by atoms with E-state index in [1.165, 1.54) is 29.6 Å². The van der Waals surface area contributed by atoms with Gasteiger partial charge in [-0.25, -0.2) is 0 Å². The molecular formula is C12H13NO. The van der Waals surface area contributed by atoms with Crippen molar-refractivity contribution in [3.05, 3.63) is 29.5 Å². The number of anilines is 1. The van der Waals surface area contributed by atoms with Crippen LogP contribution >= 0.6 is 0 Å². The summed E-state index contributed by atoms with van der Waals surface area (Å²) < 4.78 is 5.79. The fourth-order valence-electron chi connectivity index (χ4n) is 2.28.